The summed E-state index contributed by atoms with van der Waals surface area (Å²) in [7, 11) is 3.29. The van der Waals surface area contributed by atoms with Gasteiger partial charge in [0.1, 0.15) is 13.2 Å². The van der Waals surface area contributed by atoms with Gasteiger partial charge in [0.15, 0.2) is 0 Å². The van der Waals surface area contributed by atoms with Crippen LogP contribution in [0.5, 0.6) is 0 Å². The first-order valence-corrected chi connectivity index (χ1v) is 10.6. The summed E-state index contributed by atoms with van der Waals surface area (Å²) in [5, 5.41) is 0. The van der Waals surface area contributed by atoms with Gasteiger partial charge in [0, 0.05) is 24.0 Å². The van der Waals surface area contributed by atoms with Crippen LogP contribution in [-0.2, 0) is 28.4 Å². The van der Waals surface area contributed by atoms with Gasteiger partial charge in [-0.25, -0.2) is 0 Å². The Hall–Kier alpha value is -0.900. The van der Waals surface area contributed by atoms with E-state index in [1.165, 1.54) is 23.5 Å². The molecule has 0 aliphatic heterocycles. The average molecular weight is 435 g/mol. The fourth-order valence-electron chi connectivity index (χ4n) is 1.62. The number of methoxy groups -OCH3 is 2. The highest BCUT2D eigenvalue weighted by atomic mass is 32.2. The number of hydrogen-bond acceptors (Lipinski definition) is 8. The largest absolute Gasteiger partial charge is 0.498 e. The van der Waals surface area contributed by atoms with Gasteiger partial charge in [0.05, 0.1) is 57.1 Å². The minimum absolute atomic E-state index is 0.461. The maximum Gasteiger partial charge on any atom is 0.111 e. The summed E-state index contributed by atoms with van der Waals surface area (Å²) in [6.45, 7) is 16.3. The summed E-state index contributed by atoms with van der Waals surface area (Å²) < 4.78 is 31.6. The number of allylic oxidation sites excluding steroid dienone is 2. The van der Waals surface area contributed by atoms with Gasteiger partial charge in [-0.2, -0.15) is 0 Å². The van der Waals surface area contributed by atoms with Crippen molar-refractivity contribution in [3.8, 4) is 0 Å². The van der Waals surface area contributed by atoms with E-state index in [0.29, 0.717) is 52.9 Å². The second-order valence-corrected chi connectivity index (χ2v) is 8.17. The smallest absolute Gasteiger partial charge is 0.111 e. The third-order valence-corrected chi connectivity index (χ3v) is 4.76. The number of rotatable bonds is 19. The molecule has 0 unspecified atom stereocenters. The molecule has 0 N–H and O–H groups in total. The van der Waals surface area contributed by atoms with E-state index in [1.54, 1.807) is 26.7 Å². The minimum atomic E-state index is 0.461. The highest BCUT2D eigenvalue weighted by Gasteiger charge is 2.08. The maximum atomic E-state index is 5.58. The zero-order chi connectivity index (χ0) is 21.0. The van der Waals surface area contributed by atoms with Crippen molar-refractivity contribution < 1.29 is 28.4 Å². The predicted octanol–water partition coefficient (Wildman–Crippen LogP) is 4.56. The van der Waals surface area contributed by atoms with E-state index in [-0.39, 0.29) is 0 Å². The van der Waals surface area contributed by atoms with Crippen molar-refractivity contribution in [3.05, 3.63) is 45.3 Å². The van der Waals surface area contributed by atoms with Gasteiger partial charge in [-0.05, 0) is 18.8 Å². The van der Waals surface area contributed by atoms with Crippen molar-refractivity contribution in [2.24, 2.45) is 0 Å². The van der Waals surface area contributed by atoms with E-state index in [2.05, 4.69) is 13.2 Å². The second kappa shape index (κ2) is 19.4. The predicted molar refractivity (Wildman–Crippen MR) is 118 cm³/mol. The first kappa shape index (κ1) is 27.1. The van der Waals surface area contributed by atoms with Crippen molar-refractivity contribution in [1.29, 1.82) is 0 Å². The number of ether oxygens (including phenoxy) is 6. The van der Waals surface area contributed by atoms with Crippen LogP contribution in [0.25, 0.3) is 0 Å². The molecule has 0 aromatic heterocycles. The van der Waals surface area contributed by atoms with Gasteiger partial charge in [-0.3, -0.25) is 0 Å². The maximum absolute atomic E-state index is 5.58. The van der Waals surface area contributed by atoms with Gasteiger partial charge in [0.25, 0.3) is 0 Å². The molecule has 0 fully saturated rings. The summed E-state index contributed by atoms with van der Waals surface area (Å²) in [5.41, 5.74) is 0. The molecule has 0 aliphatic carbocycles. The van der Waals surface area contributed by atoms with Crippen LogP contribution in [0.15, 0.2) is 45.3 Å². The van der Waals surface area contributed by atoms with Crippen LogP contribution in [0.2, 0.25) is 0 Å². The molecular formula is C20H34O6S2. The number of hydrogen-bond donors (Lipinski definition) is 0. The van der Waals surface area contributed by atoms with E-state index in [9.17, 15) is 0 Å². The molecule has 0 heterocycles. The lowest BCUT2D eigenvalue weighted by atomic mass is 10.6. The van der Waals surface area contributed by atoms with Crippen molar-refractivity contribution in [1.82, 2.24) is 0 Å². The van der Waals surface area contributed by atoms with Crippen LogP contribution in [0.3, 0.4) is 0 Å². The van der Waals surface area contributed by atoms with E-state index >= 15 is 0 Å². The van der Waals surface area contributed by atoms with Crippen LogP contribution in [0, 0.1) is 0 Å². The lowest BCUT2D eigenvalue weighted by Gasteiger charge is -2.11. The Bertz CT molecular complexity index is 491. The lowest BCUT2D eigenvalue weighted by Crippen LogP contribution is -2.06. The fraction of sp³-hybridized carbons (Fsp3) is 0.600. The Balaban J connectivity index is 4.29. The highest BCUT2D eigenvalue weighted by molar-refractivity contribution is 8.11. The summed E-state index contributed by atoms with van der Waals surface area (Å²) in [4.78, 5) is 3.71. The average Bonchev–Trinajstić information content (AvgIpc) is 2.65. The quantitative estimate of drug-likeness (QED) is 0.167. The molecule has 0 bridgehead atoms. The first-order chi connectivity index (χ1) is 13.5. The zero-order valence-corrected chi connectivity index (χ0v) is 19.1. The molecule has 0 rings (SSSR count). The summed E-state index contributed by atoms with van der Waals surface area (Å²) in [6.07, 6.45) is 3.41. The van der Waals surface area contributed by atoms with Crippen molar-refractivity contribution >= 4 is 23.5 Å². The Morgan fingerprint density at radius 1 is 0.714 bits per heavy atom. The van der Waals surface area contributed by atoms with Crippen LogP contribution in [0.4, 0.5) is 0 Å². The molecule has 162 valence electrons. The van der Waals surface area contributed by atoms with E-state index in [4.69, 9.17) is 28.4 Å². The Morgan fingerprint density at radius 2 is 1.21 bits per heavy atom. The highest BCUT2D eigenvalue weighted by Crippen LogP contribution is 2.37. The molecule has 0 aromatic rings. The first-order valence-electron chi connectivity index (χ1n) is 8.95. The molecule has 0 aromatic carbocycles. The fourth-order valence-corrected chi connectivity index (χ4v) is 3.13. The Morgan fingerprint density at radius 3 is 1.71 bits per heavy atom. The summed E-state index contributed by atoms with van der Waals surface area (Å²) >= 11 is 3.04. The van der Waals surface area contributed by atoms with Gasteiger partial charge in [-0.15, -0.1) is 0 Å². The molecule has 0 saturated carbocycles. The van der Waals surface area contributed by atoms with Gasteiger partial charge >= 0.3 is 0 Å². The van der Waals surface area contributed by atoms with Crippen molar-refractivity contribution in [2.75, 3.05) is 67.1 Å². The van der Waals surface area contributed by atoms with E-state index in [0.717, 1.165) is 19.6 Å². The normalized spacial score (nSPS) is 12.1. The second-order valence-electron chi connectivity index (χ2n) is 5.49. The molecule has 0 saturated heterocycles. The van der Waals surface area contributed by atoms with Gasteiger partial charge in [-0.1, -0.05) is 36.7 Å². The van der Waals surface area contributed by atoms with Crippen molar-refractivity contribution in [2.45, 2.75) is 13.8 Å². The Labute approximate surface area is 178 Å². The van der Waals surface area contributed by atoms with Crippen LogP contribution < -0.4 is 0 Å². The molecule has 0 spiro atoms. The standard InChI is InChI=1S/C20H34O6S2/c1-17(2)27-20(16-26-14-12-24-10-8-22-6)19(4)28-18(3)15-25-13-11-23-9-7-21-5/h15-16H,1,4,7-14H2,2-3,5-6H3. The lowest BCUT2D eigenvalue weighted by molar-refractivity contribution is 0.0463. The molecule has 8 heteroatoms. The van der Waals surface area contributed by atoms with Crippen LogP contribution >= 0.6 is 23.5 Å². The molecular weight excluding hydrogens is 400 g/mol. The molecule has 0 atom stereocenters. The third-order valence-electron chi connectivity index (χ3n) is 2.84. The Kier molecular flexibility index (Phi) is 18.8. The van der Waals surface area contributed by atoms with E-state index in [1.807, 2.05) is 13.8 Å². The van der Waals surface area contributed by atoms with E-state index < -0.39 is 0 Å². The zero-order valence-electron chi connectivity index (χ0n) is 17.5. The molecule has 0 amide bonds. The van der Waals surface area contributed by atoms with Gasteiger partial charge in [0.2, 0.25) is 0 Å². The summed E-state index contributed by atoms with van der Waals surface area (Å²) in [6, 6.07) is 0. The molecule has 6 nitrogen and oxygen atoms in total. The van der Waals surface area contributed by atoms with Crippen LogP contribution in [0.1, 0.15) is 13.8 Å². The summed E-state index contributed by atoms with van der Waals surface area (Å²) in [5.74, 6) is 0. The van der Waals surface area contributed by atoms with Crippen molar-refractivity contribution in [3.63, 3.8) is 0 Å². The number of thioether (sulfide) groups is 2. The molecule has 0 aliphatic rings. The van der Waals surface area contributed by atoms with Gasteiger partial charge < -0.3 is 28.4 Å². The SMILES string of the molecule is C=C(C)SC(=COCCOCCOC)C(=C)SC(C)=COCCOCCOC. The monoisotopic (exact) mass is 434 g/mol. The third kappa shape index (κ3) is 17.2. The molecule has 28 heavy (non-hydrogen) atoms. The topological polar surface area (TPSA) is 55.4 Å². The van der Waals surface area contributed by atoms with Crippen LogP contribution in [-0.4, -0.2) is 67.1 Å². The minimum Gasteiger partial charge on any atom is -0.498 e. The molecule has 0 radical (unpaired) electrons.